The van der Waals surface area contributed by atoms with Gasteiger partial charge in [-0.15, -0.1) is 0 Å². The number of nitrogens with one attached hydrogen (secondary N) is 1. The zero-order valence-corrected chi connectivity index (χ0v) is 11.8. The van der Waals surface area contributed by atoms with Crippen molar-refractivity contribution in [3.63, 3.8) is 0 Å². The van der Waals surface area contributed by atoms with Crippen LogP contribution in [0.15, 0.2) is 18.2 Å². The topological polar surface area (TPSA) is 92.5 Å². The molecule has 0 saturated heterocycles. The molecule has 6 nitrogen and oxygen atoms in total. The normalized spacial score (nSPS) is 10.8. The SMILES string of the molecule is CCC(CC)CNCc1cccc([N+](=O)[O-])c1C(=O)O. The Bertz CT molecular complexity index is 484. The lowest BCUT2D eigenvalue weighted by Crippen LogP contribution is -2.23. The number of carbonyl (C=O) groups is 1. The summed E-state index contributed by atoms with van der Waals surface area (Å²) in [5, 5.41) is 23.2. The predicted octanol–water partition coefficient (Wildman–Crippen LogP) is 2.82. The number of carboxylic acids is 1. The summed E-state index contributed by atoms with van der Waals surface area (Å²) in [5.41, 5.74) is -0.147. The van der Waals surface area contributed by atoms with E-state index in [-0.39, 0.29) is 11.3 Å². The first kappa shape index (κ1) is 16.1. The molecule has 2 N–H and O–H groups in total. The van der Waals surface area contributed by atoms with Gasteiger partial charge in [0.25, 0.3) is 5.69 Å². The van der Waals surface area contributed by atoms with Gasteiger partial charge in [-0.2, -0.15) is 0 Å². The van der Waals surface area contributed by atoms with E-state index in [4.69, 9.17) is 5.11 Å². The molecule has 0 bridgehead atoms. The van der Waals surface area contributed by atoms with Gasteiger partial charge in [0, 0.05) is 12.6 Å². The van der Waals surface area contributed by atoms with Crippen molar-refractivity contribution in [1.29, 1.82) is 0 Å². The lowest BCUT2D eigenvalue weighted by Gasteiger charge is -2.14. The van der Waals surface area contributed by atoms with Gasteiger partial charge in [-0.25, -0.2) is 4.79 Å². The molecule has 0 saturated carbocycles. The summed E-state index contributed by atoms with van der Waals surface area (Å²) in [4.78, 5) is 21.4. The van der Waals surface area contributed by atoms with Crippen LogP contribution in [0.3, 0.4) is 0 Å². The van der Waals surface area contributed by atoms with Crippen LogP contribution in [0.5, 0.6) is 0 Å². The maximum atomic E-state index is 11.2. The maximum absolute atomic E-state index is 11.2. The van der Waals surface area contributed by atoms with Crippen molar-refractivity contribution in [2.75, 3.05) is 6.54 Å². The van der Waals surface area contributed by atoms with Gasteiger partial charge in [-0.1, -0.05) is 38.8 Å². The fraction of sp³-hybridized carbons (Fsp3) is 0.500. The summed E-state index contributed by atoms with van der Waals surface area (Å²) in [6.07, 6.45) is 2.09. The third-order valence-corrected chi connectivity index (χ3v) is 3.44. The monoisotopic (exact) mass is 280 g/mol. The Morgan fingerprint density at radius 1 is 1.40 bits per heavy atom. The maximum Gasteiger partial charge on any atom is 0.343 e. The summed E-state index contributed by atoms with van der Waals surface area (Å²) in [5.74, 6) is -0.737. The fourth-order valence-corrected chi connectivity index (χ4v) is 2.12. The molecule has 0 spiro atoms. The van der Waals surface area contributed by atoms with Gasteiger partial charge in [0.1, 0.15) is 5.56 Å². The van der Waals surface area contributed by atoms with Crippen LogP contribution in [0.4, 0.5) is 5.69 Å². The first-order valence-corrected chi connectivity index (χ1v) is 6.71. The van der Waals surface area contributed by atoms with E-state index in [1.807, 2.05) is 0 Å². The average Bonchev–Trinajstić information content (AvgIpc) is 2.43. The summed E-state index contributed by atoms with van der Waals surface area (Å²) in [7, 11) is 0. The van der Waals surface area contributed by atoms with E-state index in [1.54, 1.807) is 6.07 Å². The molecule has 0 fully saturated rings. The van der Waals surface area contributed by atoms with Crippen molar-refractivity contribution in [2.45, 2.75) is 33.2 Å². The molecule has 0 heterocycles. The number of rotatable bonds is 8. The highest BCUT2D eigenvalue weighted by Crippen LogP contribution is 2.22. The number of benzene rings is 1. The third-order valence-electron chi connectivity index (χ3n) is 3.44. The van der Waals surface area contributed by atoms with Crippen molar-refractivity contribution in [2.24, 2.45) is 5.92 Å². The Labute approximate surface area is 118 Å². The second-order valence-corrected chi connectivity index (χ2v) is 4.69. The molecule has 20 heavy (non-hydrogen) atoms. The standard InChI is InChI=1S/C14H20N2O4/c1-3-10(4-2)8-15-9-11-6-5-7-12(16(19)20)13(11)14(17)18/h5-7,10,15H,3-4,8-9H2,1-2H3,(H,17,18). The number of hydrogen-bond donors (Lipinski definition) is 2. The van der Waals surface area contributed by atoms with Gasteiger partial charge in [-0.3, -0.25) is 10.1 Å². The van der Waals surface area contributed by atoms with Crippen LogP contribution in [-0.4, -0.2) is 22.5 Å². The average molecular weight is 280 g/mol. The van der Waals surface area contributed by atoms with E-state index in [0.717, 1.165) is 19.4 Å². The molecule has 1 aromatic rings. The van der Waals surface area contributed by atoms with E-state index in [1.165, 1.54) is 12.1 Å². The van der Waals surface area contributed by atoms with E-state index < -0.39 is 10.9 Å². The van der Waals surface area contributed by atoms with Crippen LogP contribution >= 0.6 is 0 Å². The zero-order chi connectivity index (χ0) is 15.1. The second-order valence-electron chi connectivity index (χ2n) is 4.69. The zero-order valence-electron chi connectivity index (χ0n) is 11.8. The quantitative estimate of drug-likeness (QED) is 0.564. The second kappa shape index (κ2) is 7.59. The Balaban J connectivity index is 2.87. The molecule has 110 valence electrons. The highest BCUT2D eigenvalue weighted by Gasteiger charge is 2.23. The first-order valence-electron chi connectivity index (χ1n) is 6.71. The molecular weight excluding hydrogens is 260 g/mol. The summed E-state index contributed by atoms with van der Waals surface area (Å²) in [6, 6.07) is 4.34. The minimum Gasteiger partial charge on any atom is -0.477 e. The number of aromatic carboxylic acids is 1. The molecule has 0 aromatic heterocycles. The summed E-state index contributed by atoms with van der Waals surface area (Å²) >= 11 is 0. The lowest BCUT2D eigenvalue weighted by molar-refractivity contribution is -0.385. The molecule has 6 heteroatoms. The third kappa shape index (κ3) is 4.03. The number of nitro benzene ring substituents is 1. The molecule has 0 atom stereocenters. The Kier molecular flexibility index (Phi) is 6.11. The molecule has 0 radical (unpaired) electrons. The van der Waals surface area contributed by atoms with E-state index in [9.17, 15) is 14.9 Å². The smallest absolute Gasteiger partial charge is 0.343 e. The largest absolute Gasteiger partial charge is 0.477 e. The van der Waals surface area contributed by atoms with Crippen LogP contribution in [-0.2, 0) is 6.54 Å². The molecule has 1 aromatic carbocycles. The molecule has 0 amide bonds. The first-order chi connectivity index (χ1) is 9.51. The fourth-order valence-electron chi connectivity index (χ4n) is 2.12. The van der Waals surface area contributed by atoms with Gasteiger partial charge in [0.15, 0.2) is 0 Å². The summed E-state index contributed by atoms with van der Waals surface area (Å²) in [6.45, 7) is 5.30. The van der Waals surface area contributed by atoms with Crippen molar-refractivity contribution in [3.05, 3.63) is 39.4 Å². The van der Waals surface area contributed by atoms with Gasteiger partial charge < -0.3 is 10.4 Å². The van der Waals surface area contributed by atoms with Gasteiger partial charge in [0.05, 0.1) is 4.92 Å². The van der Waals surface area contributed by atoms with Crippen LogP contribution in [0.25, 0.3) is 0 Å². The molecule has 0 aliphatic heterocycles. The molecule has 0 aliphatic rings. The van der Waals surface area contributed by atoms with E-state index >= 15 is 0 Å². The number of nitrogens with zero attached hydrogens (tertiary/aromatic N) is 1. The van der Waals surface area contributed by atoms with Crippen molar-refractivity contribution < 1.29 is 14.8 Å². The summed E-state index contributed by atoms with van der Waals surface area (Å²) < 4.78 is 0. The van der Waals surface area contributed by atoms with Crippen molar-refractivity contribution in [1.82, 2.24) is 5.32 Å². The number of nitro groups is 1. The van der Waals surface area contributed by atoms with Gasteiger partial charge in [-0.05, 0) is 18.0 Å². The molecule has 1 rings (SSSR count). The van der Waals surface area contributed by atoms with Crippen LogP contribution in [0.1, 0.15) is 42.6 Å². The minimum absolute atomic E-state index is 0.227. The Morgan fingerprint density at radius 2 is 2.05 bits per heavy atom. The van der Waals surface area contributed by atoms with Crippen LogP contribution < -0.4 is 5.32 Å². The molecular formula is C14H20N2O4. The van der Waals surface area contributed by atoms with E-state index in [2.05, 4.69) is 19.2 Å². The van der Waals surface area contributed by atoms with Gasteiger partial charge >= 0.3 is 5.97 Å². The molecule has 0 aliphatic carbocycles. The minimum atomic E-state index is -1.27. The van der Waals surface area contributed by atoms with Crippen LogP contribution in [0.2, 0.25) is 0 Å². The lowest BCUT2D eigenvalue weighted by atomic mass is 10.0. The van der Waals surface area contributed by atoms with Crippen LogP contribution in [0, 0.1) is 16.0 Å². The van der Waals surface area contributed by atoms with E-state index in [0.29, 0.717) is 18.0 Å². The number of carboxylic acid groups (broad SMARTS) is 1. The Morgan fingerprint density at radius 3 is 2.55 bits per heavy atom. The molecule has 0 unspecified atom stereocenters. The highest BCUT2D eigenvalue weighted by molar-refractivity contribution is 5.94. The predicted molar refractivity (Wildman–Crippen MR) is 75.8 cm³/mol. The number of hydrogen-bond acceptors (Lipinski definition) is 4. The van der Waals surface area contributed by atoms with Crippen molar-refractivity contribution in [3.8, 4) is 0 Å². The highest BCUT2D eigenvalue weighted by atomic mass is 16.6. The van der Waals surface area contributed by atoms with Gasteiger partial charge in [0.2, 0.25) is 0 Å². The van der Waals surface area contributed by atoms with Crippen molar-refractivity contribution >= 4 is 11.7 Å². The Hall–Kier alpha value is -1.95.